The van der Waals surface area contributed by atoms with Crippen LogP contribution in [-0.4, -0.2) is 75.7 Å². The number of nitrogens with zero attached hydrogens (tertiary/aromatic N) is 2. The Bertz CT molecular complexity index is 793. The molecular formula is C21H27ClN2O6. The quantitative estimate of drug-likeness (QED) is 0.553. The molecule has 1 fully saturated rings. The van der Waals surface area contributed by atoms with Crippen LogP contribution in [0.1, 0.15) is 5.69 Å². The van der Waals surface area contributed by atoms with Gasteiger partial charge in [0, 0.05) is 40.2 Å². The first-order chi connectivity index (χ1) is 14.6. The summed E-state index contributed by atoms with van der Waals surface area (Å²) in [5.74, 6) is 1.64. The topological polar surface area (TPSA) is 81.2 Å². The molecule has 0 aliphatic carbocycles. The second-order valence-electron chi connectivity index (χ2n) is 6.72. The summed E-state index contributed by atoms with van der Waals surface area (Å²) in [7, 11) is 6.37. The number of rotatable bonds is 9. The number of alkyl halides is 1. The standard InChI is InChI=1S/C21H27ClN2O6/c1-25-17-16(30-21(28-4)19(27-3)18(17)26-2)12-29-15-7-5-13(6-8-15)20-23-10-9-14(11-22)24-20/h5-10,16-19,21H,11-12H2,1-4H3/t16-,17-,18+,19+,21+/m1/s1. The van der Waals surface area contributed by atoms with Gasteiger partial charge >= 0.3 is 0 Å². The van der Waals surface area contributed by atoms with Gasteiger partial charge in [-0.2, -0.15) is 0 Å². The molecule has 0 amide bonds. The van der Waals surface area contributed by atoms with Crippen LogP contribution in [0.2, 0.25) is 0 Å². The molecule has 0 spiro atoms. The number of methoxy groups -OCH3 is 4. The molecule has 30 heavy (non-hydrogen) atoms. The van der Waals surface area contributed by atoms with Gasteiger partial charge in [-0.1, -0.05) is 0 Å². The third-order valence-electron chi connectivity index (χ3n) is 5.02. The van der Waals surface area contributed by atoms with E-state index in [-0.39, 0.29) is 18.8 Å². The van der Waals surface area contributed by atoms with Gasteiger partial charge in [-0.25, -0.2) is 9.97 Å². The van der Waals surface area contributed by atoms with Crippen LogP contribution in [0.4, 0.5) is 0 Å². The molecule has 2 aromatic rings. The largest absolute Gasteiger partial charge is 0.491 e. The Kier molecular flexibility index (Phi) is 8.38. The van der Waals surface area contributed by atoms with Crippen molar-refractivity contribution in [1.29, 1.82) is 0 Å². The van der Waals surface area contributed by atoms with E-state index in [1.54, 1.807) is 40.7 Å². The molecule has 1 aliphatic heterocycles. The van der Waals surface area contributed by atoms with Gasteiger partial charge in [0.15, 0.2) is 12.1 Å². The summed E-state index contributed by atoms with van der Waals surface area (Å²) >= 11 is 5.85. The van der Waals surface area contributed by atoms with Crippen LogP contribution >= 0.6 is 11.6 Å². The van der Waals surface area contributed by atoms with Crippen molar-refractivity contribution in [3.63, 3.8) is 0 Å². The Morgan fingerprint density at radius 2 is 1.60 bits per heavy atom. The SMILES string of the molecule is CO[C@H]1O[C@H](COc2ccc(-c3nccc(CCl)n3)cc2)[C@@H](OC)[C@H](OC)[C@@H]1OC. The van der Waals surface area contributed by atoms with Crippen molar-refractivity contribution >= 4 is 11.6 Å². The summed E-state index contributed by atoms with van der Waals surface area (Å²) in [6, 6.07) is 9.30. The molecule has 1 aromatic carbocycles. The third-order valence-corrected chi connectivity index (χ3v) is 5.29. The van der Waals surface area contributed by atoms with Gasteiger partial charge in [0.25, 0.3) is 0 Å². The van der Waals surface area contributed by atoms with Crippen LogP contribution in [0.25, 0.3) is 11.4 Å². The molecule has 9 heteroatoms. The average molecular weight is 439 g/mol. The summed E-state index contributed by atoms with van der Waals surface area (Å²) < 4.78 is 34.1. The number of ether oxygens (including phenoxy) is 6. The predicted octanol–water partition coefficient (Wildman–Crippen LogP) is 2.68. The highest BCUT2D eigenvalue weighted by atomic mass is 35.5. The Morgan fingerprint density at radius 1 is 0.900 bits per heavy atom. The van der Waals surface area contributed by atoms with Crippen LogP contribution < -0.4 is 4.74 Å². The lowest BCUT2D eigenvalue weighted by Gasteiger charge is -2.44. The lowest BCUT2D eigenvalue weighted by molar-refractivity contribution is -0.305. The first-order valence-corrected chi connectivity index (χ1v) is 10.1. The second kappa shape index (κ2) is 11.0. The van der Waals surface area contributed by atoms with Crippen molar-refractivity contribution < 1.29 is 28.4 Å². The third kappa shape index (κ3) is 5.08. The van der Waals surface area contributed by atoms with E-state index in [4.69, 9.17) is 40.0 Å². The fourth-order valence-corrected chi connectivity index (χ4v) is 3.64. The monoisotopic (exact) mass is 438 g/mol. The van der Waals surface area contributed by atoms with Crippen LogP contribution in [0.5, 0.6) is 5.75 Å². The molecule has 2 heterocycles. The van der Waals surface area contributed by atoms with Crippen LogP contribution in [-0.2, 0) is 29.6 Å². The molecule has 0 saturated carbocycles. The van der Waals surface area contributed by atoms with Gasteiger partial charge in [-0.05, 0) is 30.3 Å². The first-order valence-electron chi connectivity index (χ1n) is 9.52. The van der Waals surface area contributed by atoms with Gasteiger partial charge in [0.2, 0.25) is 0 Å². The highest BCUT2D eigenvalue weighted by Crippen LogP contribution is 2.28. The van der Waals surface area contributed by atoms with E-state index >= 15 is 0 Å². The van der Waals surface area contributed by atoms with Crippen molar-refractivity contribution in [2.75, 3.05) is 35.0 Å². The fraction of sp³-hybridized carbons (Fsp3) is 0.524. The lowest BCUT2D eigenvalue weighted by atomic mass is 9.98. The normalized spacial score (nSPS) is 26.5. The van der Waals surface area contributed by atoms with E-state index in [1.165, 1.54) is 0 Å². The summed E-state index contributed by atoms with van der Waals surface area (Å²) in [5.41, 5.74) is 1.65. The highest BCUT2D eigenvalue weighted by Gasteiger charge is 2.47. The van der Waals surface area contributed by atoms with Gasteiger partial charge < -0.3 is 28.4 Å². The van der Waals surface area contributed by atoms with Crippen molar-refractivity contribution in [2.24, 2.45) is 0 Å². The molecule has 8 nitrogen and oxygen atoms in total. The number of halogens is 1. The van der Waals surface area contributed by atoms with E-state index < -0.39 is 18.5 Å². The molecule has 164 valence electrons. The van der Waals surface area contributed by atoms with Gasteiger partial charge in [0.05, 0.1) is 11.6 Å². The highest BCUT2D eigenvalue weighted by molar-refractivity contribution is 6.16. The zero-order valence-electron chi connectivity index (χ0n) is 17.5. The Hall–Kier alpha value is -1.81. The Morgan fingerprint density at radius 3 is 2.20 bits per heavy atom. The lowest BCUT2D eigenvalue weighted by Crippen LogP contribution is -2.61. The average Bonchev–Trinajstić information content (AvgIpc) is 2.81. The van der Waals surface area contributed by atoms with Crippen LogP contribution in [0, 0.1) is 0 Å². The molecule has 0 unspecified atom stereocenters. The van der Waals surface area contributed by atoms with E-state index in [0.29, 0.717) is 17.5 Å². The smallest absolute Gasteiger partial charge is 0.186 e. The number of hydrogen-bond donors (Lipinski definition) is 0. The van der Waals surface area contributed by atoms with Crippen molar-refractivity contribution in [1.82, 2.24) is 9.97 Å². The number of aromatic nitrogens is 2. The number of hydrogen-bond acceptors (Lipinski definition) is 8. The van der Waals surface area contributed by atoms with Gasteiger partial charge in [-0.15, -0.1) is 11.6 Å². The summed E-state index contributed by atoms with van der Waals surface area (Å²) in [6.45, 7) is 0.256. The van der Waals surface area contributed by atoms with E-state index in [9.17, 15) is 0 Å². The minimum absolute atomic E-state index is 0.256. The van der Waals surface area contributed by atoms with Gasteiger partial charge in [0.1, 0.15) is 36.8 Å². The minimum atomic E-state index is -0.589. The van der Waals surface area contributed by atoms with E-state index in [0.717, 1.165) is 11.3 Å². The summed E-state index contributed by atoms with van der Waals surface area (Å²) in [4.78, 5) is 8.71. The maximum absolute atomic E-state index is 6.01. The summed E-state index contributed by atoms with van der Waals surface area (Å²) in [6.07, 6.45) is -0.447. The molecule has 1 aliphatic rings. The van der Waals surface area contributed by atoms with Crippen molar-refractivity contribution in [3.05, 3.63) is 42.2 Å². The van der Waals surface area contributed by atoms with Crippen LogP contribution in [0.15, 0.2) is 36.5 Å². The summed E-state index contributed by atoms with van der Waals surface area (Å²) in [5, 5.41) is 0. The van der Waals surface area contributed by atoms with Crippen molar-refractivity contribution in [2.45, 2.75) is 36.6 Å². The number of benzene rings is 1. The molecule has 0 radical (unpaired) electrons. The first kappa shape index (κ1) is 22.9. The zero-order chi connectivity index (χ0) is 21.5. The van der Waals surface area contributed by atoms with E-state index in [1.807, 2.05) is 24.3 Å². The molecular weight excluding hydrogens is 412 g/mol. The molecule has 1 aromatic heterocycles. The molecule has 5 atom stereocenters. The molecule has 3 rings (SSSR count). The maximum atomic E-state index is 6.01. The van der Waals surface area contributed by atoms with E-state index in [2.05, 4.69) is 9.97 Å². The zero-order valence-corrected chi connectivity index (χ0v) is 18.2. The minimum Gasteiger partial charge on any atom is -0.491 e. The fourth-order valence-electron chi connectivity index (χ4n) is 3.49. The Balaban J connectivity index is 1.67. The Labute approximate surface area is 181 Å². The van der Waals surface area contributed by atoms with Crippen LogP contribution in [0.3, 0.4) is 0 Å². The van der Waals surface area contributed by atoms with Gasteiger partial charge in [-0.3, -0.25) is 0 Å². The molecule has 0 N–H and O–H groups in total. The maximum Gasteiger partial charge on any atom is 0.186 e. The van der Waals surface area contributed by atoms with Crippen molar-refractivity contribution in [3.8, 4) is 17.1 Å². The second-order valence-corrected chi connectivity index (χ2v) is 6.99. The molecule has 0 bridgehead atoms. The molecule has 1 saturated heterocycles. The predicted molar refractivity (Wildman–Crippen MR) is 111 cm³/mol.